The van der Waals surface area contributed by atoms with Gasteiger partial charge in [0, 0.05) is 0 Å². The first kappa shape index (κ1) is 20.2. The summed E-state index contributed by atoms with van der Waals surface area (Å²) >= 11 is 8.04. The number of alkyl halides is 2. The molecule has 2 amide bonds. The zero-order chi connectivity index (χ0) is 22.3. The summed E-state index contributed by atoms with van der Waals surface area (Å²) in [5, 5.41) is 0. The molecule has 2 unspecified atom stereocenters. The predicted molar refractivity (Wildman–Crippen MR) is 129 cm³/mol. The van der Waals surface area contributed by atoms with E-state index in [1.54, 1.807) is 24.3 Å². The molecule has 1 aliphatic heterocycles. The second kappa shape index (κ2) is 6.78. The summed E-state index contributed by atoms with van der Waals surface area (Å²) < 4.78 is 3.99. The van der Waals surface area contributed by atoms with Gasteiger partial charge in [-0.05, 0) is 53.4 Å². The highest BCUT2D eigenvalue weighted by Crippen LogP contribution is 2.70. The lowest BCUT2D eigenvalue weighted by Crippen LogP contribution is -2.56. The number of carbonyl (C=O) groups excluding carboxylic acids is 2. The number of carbonyl (C=O) groups is 2. The van der Waals surface area contributed by atoms with Crippen LogP contribution in [0.4, 0.5) is 5.69 Å². The molecule has 3 aromatic carbocycles. The van der Waals surface area contributed by atoms with Gasteiger partial charge in [-0.1, -0.05) is 80.4 Å². The number of benzene rings is 3. The minimum absolute atomic E-state index is 0.186. The Kier molecular flexibility index (Phi) is 4.28. The molecule has 1 fully saturated rings. The smallest absolute Gasteiger partial charge is 0.239 e. The first-order chi connectivity index (χ1) is 15.4. The van der Waals surface area contributed by atoms with E-state index in [4.69, 9.17) is 4.74 Å². The minimum atomic E-state index is -0.771. The number of hydrogen-bond acceptors (Lipinski definition) is 3. The molecule has 6 heteroatoms. The van der Waals surface area contributed by atoms with Crippen molar-refractivity contribution in [3.8, 4) is 5.75 Å². The lowest BCUT2D eigenvalue weighted by atomic mass is 9.54. The molecule has 0 spiro atoms. The van der Waals surface area contributed by atoms with Crippen molar-refractivity contribution in [1.82, 2.24) is 0 Å². The van der Waals surface area contributed by atoms with Crippen LogP contribution in [0.1, 0.15) is 29.2 Å². The van der Waals surface area contributed by atoms with Gasteiger partial charge >= 0.3 is 0 Å². The third-order valence-corrected chi connectivity index (χ3v) is 9.69. The number of nitrogens with zero attached hydrogens (tertiary/aromatic N) is 1. The van der Waals surface area contributed by atoms with E-state index in [0.717, 1.165) is 22.3 Å². The van der Waals surface area contributed by atoms with Gasteiger partial charge in [-0.3, -0.25) is 9.59 Å². The molecule has 1 saturated heterocycles. The van der Waals surface area contributed by atoms with Gasteiger partial charge in [-0.25, -0.2) is 4.90 Å². The molecular weight excluding hydrogens is 534 g/mol. The van der Waals surface area contributed by atoms with E-state index < -0.39 is 20.5 Å². The second-order valence-electron chi connectivity index (χ2n) is 8.41. The average Bonchev–Trinajstić information content (AvgIpc) is 3.09. The number of rotatable bonds is 3. The molecule has 0 aromatic heterocycles. The molecule has 160 valence electrons. The summed E-state index contributed by atoms with van der Waals surface area (Å²) in [4.78, 5) is 29.2. The Morgan fingerprint density at radius 3 is 1.53 bits per heavy atom. The summed E-state index contributed by atoms with van der Waals surface area (Å²) in [6.07, 6.45) is 0. The summed E-state index contributed by atoms with van der Waals surface area (Å²) in [5.74, 6) is -0.791. The highest BCUT2D eigenvalue weighted by molar-refractivity contribution is 9.10. The normalized spacial score (nSPS) is 29.5. The van der Waals surface area contributed by atoms with Crippen LogP contribution in [0.2, 0.25) is 0 Å². The van der Waals surface area contributed by atoms with Gasteiger partial charge in [0.05, 0.1) is 32.8 Å². The lowest BCUT2D eigenvalue weighted by Gasteiger charge is -2.55. The molecule has 3 aliphatic carbocycles. The van der Waals surface area contributed by atoms with Crippen molar-refractivity contribution in [2.24, 2.45) is 11.8 Å². The molecular formula is C26H19Br2NO3. The van der Waals surface area contributed by atoms with Crippen molar-refractivity contribution in [3.63, 3.8) is 0 Å². The number of hydrogen-bond donors (Lipinski definition) is 0. The Labute approximate surface area is 202 Å². The molecule has 32 heavy (non-hydrogen) atoms. The highest BCUT2D eigenvalue weighted by Gasteiger charge is 2.72. The average molecular weight is 553 g/mol. The zero-order valence-corrected chi connectivity index (χ0v) is 20.4. The summed E-state index contributed by atoms with van der Waals surface area (Å²) in [7, 11) is 0. The topological polar surface area (TPSA) is 46.6 Å². The van der Waals surface area contributed by atoms with Crippen LogP contribution in [-0.4, -0.2) is 18.4 Å². The van der Waals surface area contributed by atoms with Crippen molar-refractivity contribution in [1.29, 1.82) is 0 Å². The van der Waals surface area contributed by atoms with E-state index in [9.17, 15) is 9.59 Å². The van der Waals surface area contributed by atoms with Crippen molar-refractivity contribution in [2.45, 2.75) is 15.6 Å². The van der Waals surface area contributed by atoms with Crippen LogP contribution in [0.3, 0.4) is 0 Å². The van der Waals surface area contributed by atoms with E-state index in [1.807, 2.05) is 31.2 Å². The minimum Gasteiger partial charge on any atom is -0.494 e. The molecule has 3 aromatic rings. The SMILES string of the molecule is CCOc1ccc(N2C(=O)C3C(C2=O)C2(Br)c4ccccc4C3(Br)c3ccccc32)cc1. The van der Waals surface area contributed by atoms with Crippen LogP contribution in [-0.2, 0) is 18.2 Å². The van der Waals surface area contributed by atoms with Crippen LogP contribution in [0, 0.1) is 11.8 Å². The van der Waals surface area contributed by atoms with Crippen molar-refractivity contribution in [3.05, 3.63) is 95.1 Å². The Hall–Kier alpha value is -2.44. The van der Waals surface area contributed by atoms with Gasteiger partial charge in [0.2, 0.25) is 11.8 Å². The Morgan fingerprint density at radius 2 is 1.16 bits per heavy atom. The standard InChI is InChI=1S/C26H19Br2NO3/c1-2-32-16-13-11-15(12-14-16)29-23(30)21-22(24(29)31)26(28)18-8-4-3-7-17(18)25(21,27)19-9-5-6-10-20(19)26/h3-14,21-22H,2H2,1H3. The molecule has 4 nitrogen and oxygen atoms in total. The largest absolute Gasteiger partial charge is 0.494 e. The maximum Gasteiger partial charge on any atom is 0.239 e. The van der Waals surface area contributed by atoms with Gasteiger partial charge in [0.1, 0.15) is 5.75 Å². The molecule has 7 rings (SSSR count). The summed E-state index contributed by atoms with van der Waals surface area (Å²) in [6.45, 7) is 2.47. The van der Waals surface area contributed by atoms with Gasteiger partial charge in [0.25, 0.3) is 0 Å². The van der Waals surface area contributed by atoms with Crippen LogP contribution < -0.4 is 9.64 Å². The van der Waals surface area contributed by atoms with Gasteiger partial charge in [-0.2, -0.15) is 0 Å². The van der Waals surface area contributed by atoms with E-state index in [1.165, 1.54) is 4.90 Å². The first-order valence-electron chi connectivity index (χ1n) is 10.6. The quantitative estimate of drug-likeness (QED) is 0.318. The first-order valence-corrected chi connectivity index (χ1v) is 12.2. The van der Waals surface area contributed by atoms with Crippen LogP contribution in [0.5, 0.6) is 5.75 Å². The second-order valence-corrected chi connectivity index (χ2v) is 10.9. The van der Waals surface area contributed by atoms with Crippen molar-refractivity contribution in [2.75, 3.05) is 11.5 Å². The lowest BCUT2D eigenvalue weighted by molar-refractivity contribution is -0.122. The summed E-state index contributed by atoms with van der Waals surface area (Å²) in [5.41, 5.74) is 4.70. The van der Waals surface area contributed by atoms with Gasteiger partial charge in [-0.15, -0.1) is 0 Å². The number of ether oxygens (including phenoxy) is 1. The fourth-order valence-corrected chi connectivity index (χ4v) is 8.08. The molecule has 0 radical (unpaired) electrons. The number of imide groups is 1. The molecule has 2 atom stereocenters. The number of amides is 2. The van der Waals surface area contributed by atoms with Crippen LogP contribution >= 0.6 is 31.9 Å². The van der Waals surface area contributed by atoms with E-state index >= 15 is 0 Å². The molecule has 4 aliphatic rings. The Bertz CT molecular complexity index is 1160. The third kappa shape index (κ3) is 2.27. The third-order valence-electron chi connectivity index (χ3n) is 6.99. The monoisotopic (exact) mass is 551 g/mol. The Morgan fingerprint density at radius 1 is 0.750 bits per heavy atom. The van der Waals surface area contributed by atoms with Gasteiger partial charge in [0.15, 0.2) is 0 Å². The highest BCUT2D eigenvalue weighted by atomic mass is 79.9. The molecule has 2 bridgehead atoms. The van der Waals surface area contributed by atoms with E-state index in [0.29, 0.717) is 18.0 Å². The van der Waals surface area contributed by atoms with E-state index in [2.05, 4.69) is 56.1 Å². The summed E-state index contributed by atoms with van der Waals surface area (Å²) in [6, 6.07) is 23.3. The molecule has 1 heterocycles. The van der Waals surface area contributed by atoms with Crippen LogP contribution in [0.15, 0.2) is 72.8 Å². The predicted octanol–water partition coefficient (Wildman–Crippen LogP) is 5.50. The molecule has 0 N–H and O–H groups in total. The molecule has 0 saturated carbocycles. The van der Waals surface area contributed by atoms with Crippen LogP contribution in [0.25, 0.3) is 0 Å². The Balaban J connectivity index is 1.57. The fraction of sp³-hybridized carbons (Fsp3) is 0.231. The van der Waals surface area contributed by atoms with Gasteiger partial charge < -0.3 is 4.74 Å². The van der Waals surface area contributed by atoms with Crippen molar-refractivity contribution >= 4 is 49.4 Å². The number of anilines is 1. The maximum atomic E-state index is 13.9. The fourth-order valence-electron chi connectivity index (χ4n) is 5.78. The zero-order valence-electron chi connectivity index (χ0n) is 17.2. The maximum absolute atomic E-state index is 13.9. The van der Waals surface area contributed by atoms with Crippen molar-refractivity contribution < 1.29 is 14.3 Å². The number of halogens is 2. The van der Waals surface area contributed by atoms with E-state index in [-0.39, 0.29) is 11.8 Å².